The molecule has 0 saturated heterocycles. The summed E-state index contributed by atoms with van der Waals surface area (Å²) in [5.41, 5.74) is 0. The number of hydrogen-bond donors (Lipinski definition) is 2. The molecule has 0 aromatic carbocycles. The third-order valence-corrected chi connectivity index (χ3v) is 2.26. The molecule has 4 nitrogen and oxygen atoms in total. The molecule has 1 rings (SSSR count). The highest BCUT2D eigenvalue weighted by Gasteiger charge is 2.06. The second-order valence-electron chi connectivity index (χ2n) is 3.33. The van der Waals surface area contributed by atoms with Crippen LogP contribution in [-0.4, -0.2) is 29.8 Å². The lowest BCUT2D eigenvalue weighted by molar-refractivity contribution is 0.278. The molecule has 1 heterocycles. The Balaban J connectivity index is 2.61. The summed E-state index contributed by atoms with van der Waals surface area (Å²) in [6.07, 6.45) is 1.69. The lowest BCUT2D eigenvalue weighted by atomic mass is 10.1. The summed E-state index contributed by atoms with van der Waals surface area (Å²) >= 11 is 0. The van der Waals surface area contributed by atoms with Gasteiger partial charge in [0.05, 0.1) is 7.11 Å². The Hall–Kier alpha value is -1.29. The van der Waals surface area contributed by atoms with E-state index in [-0.39, 0.29) is 12.6 Å². The van der Waals surface area contributed by atoms with Crippen LogP contribution >= 0.6 is 0 Å². The number of hydrogen-bond acceptors (Lipinski definition) is 4. The van der Waals surface area contributed by atoms with Gasteiger partial charge >= 0.3 is 0 Å². The first-order valence-electron chi connectivity index (χ1n) is 5.18. The van der Waals surface area contributed by atoms with Crippen LogP contribution in [0.25, 0.3) is 0 Å². The van der Waals surface area contributed by atoms with E-state index in [1.807, 2.05) is 12.1 Å². The fourth-order valence-electron chi connectivity index (χ4n) is 1.35. The molecule has 4 heteroatoms. The smallest absolute Gasteiger partial charge is 0.214 e. The normalized spacial score (nSPS) is 12.2. The van der Waals surface area contributed by atoms with E-state index in [1.54, 1.807) is 13.2 Å². The van der Waals surface area contributed by atoms with E-state index in [1.165, 1.54) is 0 Å². The maximum atomic E-state index is 8.86. The molecule has 15 heavy (non-hydrogen) atoms. The maximum Gasteiger partial charge on any atom is 0.214 e. The first-order chi connectivity index (χ1) is 7.30. The Morgan fingerprint density at radius 1 is 1.53 bits per heavy atom. The molecule has 0 fully saturated rings. The van der Waals surface area contributed by atoms with Gasteiger partial charge in [0.1, 0.15) is 5.82 Å². The van der Waals surface area contributed by atoms with Crippen molar-refractivity contribution in [3.63, 3.8) is 0 Å². The van der Waals surface area contributed by atoms with E-state index in [0.29, 0.717) is 5.88 Å². The molecule has 0 radical (unpaired) electrons. The van der Waals surface area contributed by atoms with Crippen LogP contribution in [-0.2, 0) is 0 Å². The van der Waals surface area contributed by atoms with E-state index in [2.05, 4.69) is 17.2 Å². The summed E-state index contributed by atoms with van der Waals surface area (Å²) in [6.45, 7) is 2.27. The second kappa shape index (κ2) is 6.24. The standard InChI is InChI=1S/C11H18N2O2/c1-3-9(7-8-14)12-10-5-4-6-11(13-10)15-2/h4-6,9,14H,3,7-8H2,1-2H3,(H,12,13). The number of nitrogens with one attached hydrogen (secondary N) is 1. The van der Waals surface area contributed by atoms with Crippen LogP contribution in [0.1, 0.15) is 19.8 Å². The zero-order valence-electron chi connectivity index (χ0n) is 9.23. The molecular weight excluding hydrogens is 192 g/mol. The van der Waals surface area contributed by atoms with Crippen LogP contribution in [0.2, 0.25) is 0 Å². The number of rotatable bonds is 6. The number of aromatic nitrogens is 1. The fourth-order valence-corrected chi connectivity index (χ4v) is 1.35. The van der Waals surface area contributed by atoms with Crippen molar-refractivity contribution < 1.29 is 9.84 Å². The number of methoxy groups -OCH3 is 1. The molecule has 0 aliphatic heterocycles. The predicted molar refractivity (Wildman–Crippen MR) is 60.2 cm³/mol. The molecule has 0 amide bonds. The molecule has 1 atom stereocenters. The molecule has 1 aromatic rings. The highest BCUT2D eigenvalue weighted by molar-refractivity contribution is 5.37. The van der Waals surface area contributed by atoms with E-state index in [9.17, 15) is 0 Å². The number of anilines is 1. The summed E-state index contributed by atoms with van der Waals surface area (Å²) in [5, 5.41) is 12.1. The van der Waals surface area contributed by atoms with Crippen molar-refractivity contribution in [2.24, 2.45) is 0 Å². The minimum absolute atomic E-state index is 0.190. The van der Waals surface area contributed by atoms with Crippen LogP contribution in [0.4, 0.5) is 5.82 Å². The second-order valence-corrected chi connectivity index (χ2v) is 3.33. The highest BCUT2D eigenvalue weighted by Crippen LogP contribution is 2.13. The van der Waals surface area contributed by atoms with Crippen molar-refractivity contribution in [1.82, 2.24) is 4.98 Å². The average Bonchev–Trinajstić information content (AvgIpc) is 2.29. The monoisotopic (exact) mass is 210 g/mol. The van der Waals surface area contributed by atoms with E-state index in [4.69, 9.17) is 9.84 Å². The largest absolute Gasteiger partial charge is 0.481 e. The Labute approximate surface area is 90.3 Å². The summed E-state index contributed by atoms with van der Waals surface area (Å²) in [4.78, 5) is 4.25. The summed E-state index contributed by atoms with van der Waals surface area (Å²) in [6, 6.07) is 5.84. The average molecular weight is 210 g/mol. The van der Waals surface area contributed by atoms with Gasteiger partial charge in [-0.25, -0.2) is 0 Å². The Morgan fingerprint density at radius 3 is 2.93 bits per heavy atom. The van der Waals surface area contributed by atoms with Crippen LogP contribution < -0.4 is 10.1 Å². The third-order valence-electron chi connectivity index (χ3n) is 2.26. The van der Waals surface area contributed by atoms with Gasteiger partial charge in [0.2, 0.25) is 5.88 Å². The Morgan fingerprint density at radius 2 is 2.33 bits per heavy atom. The minimum atomic E-state index is 0.190. The van der Waals surface area contributed by atoms with Crippen LogP contribution in [0.3, 0.4) is 0 Å². The van der Waals surface area contributed by atoms with Gasteiger partial charge in [-0.2, -0.15) is 4.98 Å². The fraction of sp³-hybridized carbons (Fsp3) is 0.545. The molecule has 2 N–H and O–H groups in total. The van der Waals surface area contributed by atoms with Crippen LogP contribution in [0.5, 0.6) is 5.88 Å². The van der Waals surface area contributed by atoms with Gasteiger partial charge in [0.15, 0.2) is 0 Å². The number of aliphatic hydroxyl groups excluding tert-OH is 1. The molecule has 0 aliphatic carbocycles. The molecule has 0 aliphatic rings. The topological polar surface area (TPSA) is 54.4 Å². The zero-order chi connectivity index (χ0) is 11.1. The lowest BCUT2D eigenvalue weighted by Crippen LogP contribution is -2.20. The van der Waals surface area contributed by atoms with Gasteiger partial charge in [-0.05, 0) is 18.9 Å². The molecule has 1 aromatic heterocycles. The molecule has 84 valence electrons. The molecular formula is C11H18N2O2. The van der Waals surface area contributed by atoms with Crippen molar-refractivity contribution in [2.75, 3.05) is 19.0 Å². The van der Waals surface area contributed by atoms with Crippen LogP contribution in [0.15, 0.2) is 18.2 Å². The van der Waals surface area contributed by atoms with Crippen molar-refractivity contribution in [2.45, 2.75) is 25.8 Å². The number of ether oxygens (including phenoxy) is 1. The highest BCUT2D eigenvalue weighted by atomic mass is 16.5. The number of nitrogens with zero attached hydrogens (tertiary/aromatic N) is 1. The zero-order valence-corrected chi connectivity index (χ0v) is 9.23. The van der Waals surface area contributed by atoms with Gasteiger partial charge in [-0.3, -0.25) is 0 Å². The molecule has 0 bridgehead atoms. The Kier molecular flexibility index (Phi) is 4.90. The molecule has 0 spiro atoms. The summed E-state index contributed by atoms with van der Waals surface area (Å²) in [7, 11) is 1.59. The van der Waals surface area contributed by atoms with Gasteiger partial charge < -0.3 is 15.2 Å². The molecule has 1 unspecified atom stereocenters. The molecule has 0 saturated carbocycles. The van der Waals surface area contributed by atoms with Crippen molar-refractivity contribution in [3.05, 3.63) is 18.2 Å². The van der Waals surface area contributed by atoms with Gasteiger partial charge in [0, 0.05) is 18.7 Å². The SMILES string of the molecule is CCC(CCO)Nc1cccc(OC)n1. The van der Waals surface area contributed by atoms with E-state index < -0.39 is 0 Å². The number of pyridine rings is 1. The maximum absolute atomic E-state index is 8.86. The summed E-state index contributed by atoms with van der Waals surface area (Å²) < 4.78 is 5.03. The van der Waals surface area contributed by atoms with Gasteiger partial charge in [-0.15, -0.1) is 0 Å². The summed E-state index contributed by atoms with van der Waals surface area (Å²) in [5.74, 6) is 1.38. The van der Waals surface area contributed by atoms with Crippen LogP contribution in [0, 0.1) is 0 Å². The van der Waals surface area contributed by atoms with Gasteiger partial charge in [-0.1, -0.05) is 13.0 Å². The third kappa shape index (κ3) is 3.75. The quantitative estimate of drug-likeness (QED) is 0.749. The van der Waals surface area contributed by atoms with E-state index >= 15 is 0 Å². The van der Waals surface area contributed by atoms with E-state index in [0.717, 1.165) is 18.7 Å². The van der Waals surface area contributed by atoms with Gasteiger partial charge in [0.25, 0.3) is 0 Å². The van der Waals surface area contributed by atoms with Crippen molar-refractivity contribution in [3.8, 4) is 5.88 Å². The van der Waals surface area contributed by atoms with Crippen molar-refractivity contribution >= 4 is 5.82 Å². The lowest BCUT2D eigenvalue weighted by Gasteiger charge is -2.16. The number of aliphatic hydroxyl groups is 1. The first-order valence-corrected chi connectivity index (χ1v) is 5.18. The Bertz CT molecular complexity index is 292. The first kappa shape index (κ1) is 11.8. The minimum Gasteiger partial charge on any atom is -0.481 e. The van der Waals surface area contributed by atoms with Crippen molar-refractivity contribution in [1.29, 1.82) is 0 Å². The predicted octanol–water partition coefficient (Wildman–Crippen LogP) is 1.66.